The van der Waals surface area contributed by atoms with E-state index in [4.69, 9.17) is 19.4 Å². The van der Waals surface area contributed by atoms with Crippen LogP contribution in [-0.2, 0) is 14.3 Å². The molecule has 10 nitrogen and oxygen atoms in total. The molecule has 0 aliphatic heterocycles. The largest absolute Gasteiger partial charge is 0.504 e. The number of alkyl carbamates (subject to hydrolysis) is 1. The van der Waals surface area contributed by atoms with E-state index in [2.05, 4.69) is 5.32 Å². The molecule has 0 fully saturated rings. The highest BCUT2D eigenvalue weighted by Gasteiger charge is 2.27. The van der Waals surface area contributed by atoms with Crippen molar-refractivity contribution in [3.05, 3.63) is 71.8 Å². The maximum atomic E-state index is 12.4. The van der Waals surface area contributed by atoms with Gasteiger partial charge in [-0.25, -0.2) is 10.3 Å². The van der Waals surface area contributed by atoms with Crippen molar-refractivity contribution >= 4 is 17.9 Å². The predicted molar refractivity (Wildman–Crippen MR) is 108 cm³/mol. The van der Waals surface area contributed by atoms with Gasteiger partial charge in [-0.15, -0.1) is 0 Å². The molecule has 0 spiro atoms. The highest BCUT2D eigenvalue weighted by atomic mass is 16.6. The molecule has 0 heterocycles. The molecular formula is C21H22N2O8. The normalized spacial score (nSPS) is 12.6. The molecule has 0 unspecified atom stereocenters. The molecule has 4 N–H and O–H groups in total. The number of carbonyl (C=O) groups is 3. The number of hydroxylamine groups is 1. The molecule has 0 aliphatic rings. The topological polar surface area (TPSA) is 143 Å². The zero-order valence-electron chi connectivity index (χ0n) is 16.8. The molecule has 10 heteroatoms. The first-order valence-electron chi connectivity index (χ1n) is 8.98. The predicted octanol–water partition coefficient (Wildman–Crippen LogP) is 2.09. The number of benzene rings is 2. The van der Waals surface area contributed by atoms with Crippen LogP contribution in [0.2, 0.25) is 0 Å². The van der Waals surface area contributed by atoms with Gasteiger partial charge >= 0.3 is 6.09 Å². The Bertz CT molecular complexity index is 946. The van der Waals surface area contributed by atoms with Gasteiger partial charge in [-0.2, -0.15) is 0 Å². The van der Waals surface area contributed by atoms with Crippen molar-refractivity contribution in [3.63, 3.8) is 0 Å². The number of nitrogens with one attached hydrogen (secondary N) is 2. The van der Waals surface area contributed by atoms with Crippen molar-refractivity contribution in [1.29, 1.82) is 0 Å². The Morgan fingerprint density at radius 1 is 1.06 bits per heavy atom. The van der Waals surface area contributed by atoms with Crippen LogP contribution in [0.4, 0.5) is 4.79 Å². The quantitative estimate of drug-likeness (QED) is 0.283. The number of hydrogen-bond acceptors (Lipinski definition) is 8. The van der Waals surface area contributed by atoms with Crippen molar-refractivity contribution in [3.8, 4) is 11.5 Å². The first kappa shape index (κ1) is 23.4. The summed E-state index contributed by atoms with van der Waals surface area (Å²) in [5, 5.41) is 20.8. The van der Waals surface area contributed by atoms with Crippen molar-refractivity contribution in [2.45, 2.75) is 12.2 Å². The van der Waals surface area contributed by atoms with Gasteiger partial charge in [0.1, 0.15) is 6.10 Å². The lowest BCUT2D eigenvalue weighted by molar-refractivity contribution is -0.124. The summed E-state index contributed by atoms with van der Waals surface area (Å²) < 4.78 is 15.7. The van der Waals surface area contributed by atoms with Crippen LogP contribution in [-0.4, -0.2) is 48.5 Å². The Balaban J connectivity index is 2.28. The SMILES string of the molecule is COc1ccc([C@@H](OC(=O)NC(=O)c2ccccc2)[C@@H](/C=C/C(=O)NO)OC)cc1O. The summed E-state index contributed by atoms with van der Waals surface area (Å²) in [6, 6.07) is 12.3. The van der Waals surface area contributed by atoms with E-state index in [1.807, 2.05) is 0 Å². The Kier molecular flexibility index (Phi) is 8.55. The van der Waals surface area contributed by atoms with Gasteiger partial charge in [0.2, 0.25) is 0 Å². The monoisotopic (exact) mass is 430 g/mol. The smallest absolute Gasteiger partial charge is 0.414 e. The number of hydrogen-bond donors (Lipinski definition) is 4. The molecule has 0 saturated carbocycles. The van der Waals surface area contributed by atoms with E-state index in [0.29, 0.717) is 5.56 Å². The van der Waals surface area contributed by atoms with E-state index >= 15 is 0 Å². The maximum Gasteiger partial charge on any atom is 0.414 e. The van der Waals surface area contributed by atoms with Gasteiger partial charge in [0, 0.05) is 18.7 Å². The third kappa shape index (κ3) is 6.56. The minimum Gasteiger partial charge on any atom is -0.504 e. The molecule has 2 aromatic carbocycles. The fraction of sp³-hybridized carbons (Fsp3) is 0.190. The van der Waals surface area contributed by atoms with Crippen LogP contribution in [0.25, 0.3) is 0 Å². The summed E-state index contributed by atoms with van der Waals surface area (Å²) in [6.45, 7) is 0. The second-order valence-corrected chi connectivity index (χ2v) is 6.11. The fourth-order valence-corrected chi connectivity index (χ4v) is 2.63. The van der Waals surface area contributed by atoms with Crippen LogP contribution in [0.15, 0.2) is 60.7 Å². The van der Waals surface area contributed by atoms with Crippen LogP contribution in [0.5, 0.6) is 11.5 Å². The minimum absolute atomic E-state index is 0.190. The number of aromatic hydroxyl groups is 1. The second-order valence-electron chi connectivity index (χ2n) is 6.11. The molecule has 2 atom stereocenters. The molecule has 0 aromatic heterocycles. The zero-order valence-corrected chi connectivity index (χ0v) is 16.8. The van der Waals surface area contributed by atoms with Crippen LogP contribution in [0.1, 0.15) is 22.0 Å². The number of ether oxygens (including phenoxy) is 3. The standard InChI is InChI=1S/C21H22N2O8/c1-29-16-9-8-14(12-15(16)24)19(17(30-2)10-11-18(25)23-28)31-21(27)22-20(26)13-6-4-3-5-7-13/h3-12,17,19,24,28H,1-2H3,(H,23,25)(H,22,26,27)/b11-10+/t17-,19-/m1/s1. The average Bonchev–Trinajstić information content (AvgIpc) is 2.78. The van der Waals surface area contributed by atoms with Crippen LogP contribution >= 0.6 is 0 Å². The molecule has 3 amide bonds. The average molecular weight is 430 g/mol. The Hall–Kier alpha value is -3.89. The van der Waals surface area contributed by atoms with Gasteiger partial charge in [0.05, 0.1) is 7.11 Å². The van der Waals surface area contributed by atoms with Crippen LogP contribution in [0, 0.1) is 0 Å². The minimum atomic E-state index is -1.17. The zero-order chi connectivity index (χ0) is 22.8. The molecule has 164 valence electrons. The molecule has 0 radical (unpaired) electrons. The number of methoxy groups -OCH3 is 2. The van der Waals surface area contributed by atoms with E-state index < -0.39 is 30.1 Å². The number of amides is 3. The summed E-state index contributed by atoms with van der Waals surface area (Å²) >= 11 is 0. The lowest BCUT2D eigenvalue weighted by Gasteiger charge is -2.24. The summed E-state index contributed by atoms with van der Waals surface area (Å²) in [6.07, 6.45) is -1.04. The van der Waals surface area contributed by atoms with Gasteiger partial charge < -0.3 is 19.3 Å². The summed E-state index contributed by atoms with van der Waals surface area (Å²) in [4.78, 5) is 35.9. The molecule has 0 aliphatic carbocycles. The van der Waals surface area contributed by atoms with Crippen LogP contribution < -0.4 is 15.5 Å². The van der Waals surface area contributed by atoms with Gasteiger partial charge in [0.15, 0.2) is 17.6 Å². The van der Waals surface area contributed by atoms with Crippen molar-refractivity contribution in [2.24, 2.45) is 0 Å². The fourth-order valence-electron chi connectivity index (χ4n) is 2.63. The highest BCUT2D eigenvalue weighted by Crippen LogP contribution is 2.32. The molecular weight excluding hydrogens is 408 g/mol. The Labute approximate surface area is 178 Å². The summed E-state index contributed by atoms with van der Waals surface area (Å²) in [5.41, 5.74) is 1.97. The number of imide groups is 1. The summed E-state index contributed by atoms with van der Waals surface area (Å²) in [7, 11) is 2.68. The third-order valence-corrected chi connectivity index (χ3v) is 4.14. The van der Waals surface area contributed by atoms with Crippen molar-refractivity contribution < 1.29 is 38.9 Å². The third-order valence-electron chi connectivity index (χ3n) is 4.14. The van der Waals surface area contributed by atoms with Gasteiger partial charge in [-0.05, 0) is 35.9 Å². The van der Waals surface area contributed by atoms with E-state index in [0.717, 1.165) is 6.08 Å². The number of phenols is 1. The molecule has 31 heavy (non-hydrogen) atoms. The lowest BCUT2D eigenvalue weighted by Crippen LogP contribution is -2.34. The van der Waals surface area contributed by atoms with E-state index in [1.54, 1.807) is 18.2 Å². The lowest BCUT2D eigenvalue weighted by atomic mass is 10.0. The first-order valence-corrected chi connectivity index (χ1v) is 8.98. The van der Waals surface area contributed by atoms with Crippen LogP contribution in [0.3, 0.4) is 0 Å². The van der Waals surface area contributed by atoms with E-state index in [9.17, 15) is 19.5 Å². The number of carbonyl (C=O) groups excluding carboxylic acids is 3. The Morgan fingerprint density at radius 2 is 1.77 bits per heavy atom. The van der Waals surface area contributed by atoms with Crippen molar-refractivity contribution in [1.82, 2.24) is 10.8 Å². The van der Waals surface area contributed by atoms with Crippen molar-refractivity contribution in [2.75, 3.05) is 14.2 Å². The number of phenolic OH excluding ortho intramolecular Hbond substituents is 1. The van der Waals surface area contributed by atoms with E-state index in [-0.39, 0.29) is 17.1 Å². The highest BCUT2D eigenvalue weighted by molar-refractivity contribution is 6.02. The molecule has 0 saturated heterocycles. The second kappa shape index (κ2) is 11.3. The first-order chi connectivity index (χ1) is 14.9. The van der Waals surface area contributed by atoms with E-state index in [1.165, 1.54) is 56.1 Å². The van der Waals surface area contributed by atoms with Gasteiger partial charge in [0.25, 0.3) is 11.8 Å². The molecule has 0 bridgehead atoms. The molecule has 2 aromatic rings. The van der Waals surface area contributed by atoms with Gasteiger partial charge in [-0.3, -0.25) is 20.1 Å². The Morgan fingerprint density at radius 3 is 2.35 bits per heavy atom. The molecule has 2 rings (SSSR count). The maximum absolute atomic E-state index is 12.4. The van der Waals surface area contributed by atoms with Gasteiger partial charge in [-0.1, -0.05) is 24.3 Å². The summed E-state index contributed by atoms with van der Waals surface area (Å²) in [5.74, 6) is -1.54. The number of rotatable bonds is 8.